The maximum absolute atomic E-state index is 10.6. The lowest BCUT2D eigenvalue weighted by atomic mass is 10.3. The normalized spacial score (nSPS) is 10.7. The van der Waals surface area contributed by atoms with Crippen molar-refractivity contribution >= 4 is 22.8 Å². The summed E-state index contributed by atoms with van der Waals surface area (Å²) in [6, 6.07) is 4.65. The second-order valence-corrected chi connectivity index (χ2v) is 3.55. The Morgan fingerprint density at radius 3 is 3.11 bits per heavy atom. The van der Waals surface area contributed by atoms with Crippen molar-refractivity contribution in [2.24, 2.45) is 0 Å². The molecule has 2 rings (SSSR count). The van der Waals surface area contributed by atoms with Gasteiger partial charge in [0, 0.05) is 19.2 Å². The molecule has 0 bridgehead atoms. The van der Waals surface area contributed by atoms with Crippen molar-refractivity contribution in [3.05, 3.63) is 28.3 Å². The molecule has 0 fully saturated rings. The van der Waals surface area contributed by atoms with Gasteiger partial charge in [-0.25, -0.2) is 0 Å². The van der Waals surface area contributed by atoms with Crippen LogP contribution in [0, 0.1) is 10.1 Å². The van der Waals surface area contributed by atoms with E-state index in [0.29, 0.717) is 36.9 Å². The molecular formula is C11H13N3O4. The first kappa shape index (κ1) is 12.3. The number of anilines is 1. The van der Waals surface area contributed by atoms with E-state index < -0.39 is 4.92 Å². The van der Waals surface area contributed by atoms with Gasteiger partial charge in [0.05, 0.1) is 17.6 Å². The van der Waals surface area contributed by atoms with Crippen molar-refractivity contribution in [3.8, 4) is 0 Å². The van der Waals surface area contributed by atoms with Crippen LogP contribution in [-0.4, -0.2) is 29.7 Å². The SMILES string of the molecule is CCOCCNc1nc2ccc([N+](=O)[O-])cc2o1. The van der Waals surface area contributed by atoms with Gasteiger partial charge in [0.2, 0.25) is 0 Å². The number of non-ortho nitro benzene ring substituents is 1. The number of hydrogen-bond acceptors (Lipinski definition) is 6. The Labute approximate surface area is 103 Å². The molecule has 96 valence electrons. The maximum Gasteiger partial charge on any atom is 0.295 e. The average molecular weight is 251 g/mol. The van der Waals surface area contributed by atoms with E-state index in [4.69, 9.17) is 9.15 Å². The summed E-state index contributed by atoms with van der Waals surface area (Å²) < 4.78 is 10.5. The van der Waals surface area contributed by atoms with E-state index in [1.807, 2.05) is 6.92 Å². The van der Waals surface area contributed by atoms with Crippen LogP contribution in [-0.2, 0) is 4.74 Å². The number of aromatic nitrogens is 1. The number of fused-ring (bicyclic) bond motifs is 1. The minimum absolute atomic E-state index is 0.0143. The molecular weight excluding hydrogens is 238 g/mol. The predicted molar refractivity (Wildman–Crippen MR) is 65.6 cm³/mol. The van der Waals surface area contributed by atoms with Crippen LogP contribution in [0.3, 0.4) is 0 Å². The van der Waals surface area contributed by atoms with Crippen molar-refractivity contribution in [2.75, 3.05) is 25.1 Å². The molecule has 1 heterocycles. The number of rotatable bonds is 6. The summed E-state index contributed by atoms with van der Waals surface area (Å²) in [5.74, 6) is 0. The van der Waals surface area contributed by atoms with Gasteiger partial charge in [-0.05, 0) is 13.0 Å². The van der Waals surface area contributed by atoms with Crippen LogP contribution in [0.2, 0.25) is 0 Å². The van der Waals surface area contributed by atoms with E-state index in [1.165, 1.54) is 12.1 Å². The largest absolute Gasteiger partial charge is 0.423 e. The Hall–Kier alpha value is -2.15. The fourth-order valence-corrected chi connectivity index (χ4v) is 1.48. The van der Waals surface area contributed by atoms with Crippen LogP contribution < -0.4 is 5.32 Å². The quantitative estimate of drug-likeness (QED) is 0.480. The first-order valence-electron chi connectivity index (χ1n) is 5.57. The molecule has 0 unspecified atom stereocenters. The summed E-state index contributed by atoms with van der Waals surface area (Å²) in [6.07, 6.45) is 0. The van der Waals surface area contributed by atoms with Gasteiger partial charge >= 0.3 is 0 Å². The molecule has 7 nitrogen and oxygen atoms in total. The standard InChI is InChI=1S/C11H13N3O4/c1-2-17-6-5-12-11-13-9-4-3-8(14(15)16)7-10(9)18-11/h3-4,7H,2,5-6H2,1H3,(H,12,13). The van der Waals surface area contributed by atoms with Crippen LogP contribution in [0.5, 0.6) is 0 Å². The number of nitro benzene ring substituents is 1. The van der Waals surface area contributed by atoms with Crippen molar-refractivity contribution in [1.29, 1.82) is 0 Å². The van der Waals surface area contributed by atoms with Gasteiger partial charge < -0.3 is 14.5 Å². The monoisotopic (exact) mass is 251 g/mol. The van der Waals surface area contributed by atoms with E-state index in [2.05, 4.69) is 10.3 Å². The highest BCUT2D eigenvalue weighted by molar-refractivity contribution is 5.77. The second-order valence-electron chi connectivity index (χ2n) is 3.55. The third-order valence-electron chi connectivity index (χ3n) is 2.31. The molecule has 18 heavy (non-hydrogen) atoms. The molecule has 0 aliphatic heterocycles. The van der Waals surface area contributed by atoms with Gasteiger partial charge in [-0.15, -0.1) is 0 Å². The topological polar surface area (TPSA) is 90.4 Å². The number of hydrogen-bond donors (Lipinski definition) is 1. The fraction of sp³-hybridized carbons (Fsp3) is 0.364. The van der Waals surface area contributed by atoms with E-state index in [1.54, 1.807) is 6.07 Å². The molecule has 0 aliphatic rings. The summed E-state index contributed by atoms with van der Waals surface area (Å²) in [4.78, 5) is 14.3. The minimum atomic E-state index is -0.468. The Morgan fingerprint density at radius 1 is 1.56 bits per heavy atom. The Balaban J connectivity index is 2.09. The Bertz CT molecular complexity index is 552. The van der Waals surface area contributed by atoms with Gasteiger partial charge in [-0.2, -0.15) is 4.98 Å². The van der Waals surface area contributed by atoms with Crippen LogP contribution >= 0.6 is 0 Å². The molecule has 0 saturated heterocycles. The molecule has 2 aromatic rings. The van der Waals surface area contributed by atoms with E-state index in [9.17, 15) is 10.1 Å². The van der Waals surface area contributed by atoms with Crippen LogP contribution in [0.15, 0.2) is 22.6 Å². The molecule has 0 saturated carbocycles. The van der Waals surface area contributed by atoms with Gasteiger partial charge in [0.1, 0.15) is 5.52 Å². The van der Waals surface area contributed by atoms with Gasteiger partial charge in [0.25, 0.3) is 11.7 Å². The lowest BCUT2D eigenvalue weighted by molar-refractivity contribution is -0.384. The van der Waals surface area contributed by atoms with Crippen molar-refractivity contribution in [1.82, 2.24) is 4.98 Å². The molecule has 0 atom stereocenters. The molecule has 0 radical (unpaired) electrons. The minimum Gasteiger partial charge on any atom is -0.423 e. The number of ether oxygens (including phenoxy) is 1. The number of benzene rings is 1. The van der Waals surface area contributed by atoms with Crippen molar-refractivity contribution in [3.63, 3.8) is 0 Å². The number of nitrogens with zero attached hydrogens (tertiary/aromatic N) is 2. The summed E-state index contributed by atoms with van der Waals surface area (Å²) in [6.45, 7) is 3.69. The number of nitro groups is 1. The van der Waals surface area contributed by atoms with Crippen LogP contribution in [0.1, 0.15) is 6.92 Å². The lowest BCUT2D eigenvalue weighted by Gasteiger charge is -2.00. The van der Waals surface area contributed by atoms with Gasteiger partial charge in [-0.1, -0.05) is 0 Å². The van der Waals surface area contributed by atoms with Gasteiger partial charge in [-0.3, -0.25) is 10.1 Å². The molecule has 0 spiro atoms. The maximum atomic E-state index is 10.6. The molecule has 1 aromatic heterocycles. The zero-order valence-electron chi connectivity index (χ0n) is 9.88. The Morgan fingerprint density at radius 2 is 2.39 bits per heavy atom. The van der Waals surface area contributed by atoms with Crippen LogP contribution in [0.4, 0.5) is 11.7 Å². The first-order chi connectivity index (χ1) is 8.70. The summed E-state index contributed by atoms with van der Waals surface area (Å²) in [5.41, 5.74) is 0.960. The van der Waals surface area contributed by atoms with E-state index in [-0.39, 0.29) is 5.69 Å². The molecule has 7 heteroatoms. The number of nitrogens with one attached hydrogen (secondary N) is 1. The summed E-state index contributed by atoms with van der Waals surface area (Å²) in [7, 11) is 0. The third kappa shape index (κ3) is 2.75. The van der Waals surface area contributed by atoms with Crippen molar-refractivity contribution < 1.29 is 14.1 Å². The zero-order chi connectivity index (χ0) is 13.0. The highest BCUT2D eigenvalue weighted by Crippen LogP contribution is 2.23. The predicted octanol–water partition coefficient (Wildman–Crippen LogP) is 2.18. The molecule has 0 aliphatic carbocycles. The molecule has 1 N–H and O–H groups in total. The van der Waals surface area contributed by atoms with Crippen molar-refractivity contribution in [2.45, 2.75) is 6.92 Å². The summed E-state index contributed by atoms with van der Waals surface area (Å²) >= 11 is 0. The lowest BCUT2D eigenvalue weighted by Crippen LogP contribution is -2.09. The summed E-state index contributed by atoms with van der Waals surface area (Å²) in [5, 5.41) is 13.6. The molecule has 1 aromatic carbocycles. The fourth-order valence-electron chi connectivity index (χ4n) is 1.48. The average Bonchev–Trinajstić information content (AvgIpc) is 2.76. The third-order valence-corrected chi connectivity index (χ3v) is 2.31. The Kier molecular flexibility index (Phi) is 3.73. The van der Waals surface area contributed by atoms with E-state index >= 15 is 0 Å². The van der Waals surface area contributed by atoms with E-state index in [0.717, 1.165) is 0 Å². The second kappa shape index (κ2) is 5.46. The highest BCUT2D eigenvalue weighted by Gasteiger charge is 2.11. The zero-order valence-corrected chi connectivity index (χ0v) is 9.88. The first-order valence-corrected chi connectivity index (χ1v) is 5.57. The number of oxazole rings is 1. The smallest absolute Gasteiger partial charge is 0.295 e. The highest BCUT2D eigenvalue weighted by atomic mass is 16.6. The van der Waals surface area contributed by atoms with Crippen LogP contribution in [0.25, 0.3) is 11.1 Å². The van der Waals surface area contributed by atoms with Gasteiger partial charge in [0.15, 0.2) is 5.58 Å². The molecule has 0 amide bonds.